The van der Waals surface area contributed by atoms with Crippen LogP contribution in [-0.2, 0) is 5.41 Å². The number of para-hydroxylation sites is 1. The minimum atomic E-state index is -0.0523. The molecule has 1 heterocycles. The highest BCUT2D eigenvalue weighted by Gasteiger charge is 2.39. The molecule has 0 N–H and O–H groups in total. The molecule has 10 rings (SSSR count). The lowest BCUT2D eigenvalue weighted by atomic mass is 9.82. The zero-order valence-electron chi connectivity index (χ0n) is 30.6. The first-order valence-corrected chi connectivity index (χ1v) is 19.3. The summed E-state index contributed by atoms with van der Waals surface area (Å²) in [6.07, 6.45) is 24.0. The monoisotopic (exact) mass is 684 g/mol. The van der Waals surface area contributed by atoms with Crippen molar-refractivity contribution in [2.45, 2.75) is 57.4 Å². The highest BCUT2D eigenvalue weighted by molar-refractivity contribution is 5.96. The number of rotatable bonds is 6. The van der Waals surface area contributed by atoms with Gasteiger partial charge in [-0.3, -0.25) is 0 Å². The molecule has 0 aromatic heterocycles. The Morgan fingerprint density at radius 1 is 0.623 bits per heavy atom. The molecule has 4 aliphatic carbocycles. The average molecular weight is 685 g/mol. The molecule has 5 aliphatic rings. The van der Waals surface area contributed by atoms with Crippen LogP contribution in [0.25, 0.3) is 22.3 Å². The number of anilines is 5. The van der Waals surface area contributed by atoms with Crippen LogP contribution in [0.5, 0.6) is 0 Å². The highest BCUT2D eigenvalue weighted by Crippen LogP contribution is 2.53. The van der Waals surface area contributed by atoms with E-state index < -0.39 is 0 Å². The van der Waals surface area contributed by atoms with Crippen LogP contribution >= 0.6 is 0 Å². The van der Waals surface area contributed by atoms with Crippen molar-refractivity contribution >= 4 is 39.6 Å². The standard InChI is InChI=1S/C51H44N2/c1-51(2)47-22-11-9-20-43(47)44-30-28-41(33-48(44)51)53-49-23-12-10-21-45(49)46-31-29-42(34-50(46)53)52(39-18-7-4-8-19-39)40-26-24-36(25-27-40)38-17-13-16-37(32-38)35-14-5-3-6-15-35/h3-5,7-12,14,17-22,24-34,49H,6,13,15-16,23H2,1-2H3. The molecule has 0 spiro atoms. The van der Waals surface area contributed by atoms with Crippen molar-refractivity contribution in [2.24, 2.45) is 0 Å². The smallest absolute Gasteiger partial charge is 0.0632 e. The van der Waals surface area contributed by atoms with Gasteiger partial charge in [0.25, 0.3) is 0 Å². The molecule has 0 saturated heterocycles. The van der Waals surface area contributed by atoms with Gasteiger partial charge >= 0.3 is 0 Å². The third-order valence-electron chi connectivity index (χ3n) is 12.1. The Labute approximate surface area is 314 Å². The van der Waals surface area contributed by atoms with Crippen LogP contribution in [-0.4, -0.2) is 6.04 Å². The first kappa shape index (κ1) is 31.8. The maximum absolute atomic E-state index is 2.61. The van der Waals surface area contributed by atoms with Crippen LogP contribution in [0.3, 0.4) is 0 Å². The van der Waals surface area contributed by atoms with Gasteiger partial charge in [-0.05, 0) is 131 Å². The summed E-state index contributed by atoms with van der Waals surface area (Å²) in [5.41, 5.74) is 19.8. The third kappa shape index (κ3) is 5.31. The van der Waals surface area contributed by atoms with Crippen LogP contribution in [0.15, 0.2) is 175 Å². The van der Waals surface area contributed by atoms with E-state index in [9.17, 15) is 0 Å². The van der Waals surface area contributed by atoms with Crippen LogP contribution < -0.4 is 9.80 Å². The van der Waals surface area contributed by atoms with Crippen molar-refractivity contribution < 1.29 is 0 Å². The molecule has 1 aliphatic heterocycles. The van der Waals surface area contributed by atoms with Gasteiger partial charge in [0.05, 0.1) is 11.7 Å². The molecule has 1 unspecified atom stereocenters. The van der Waals surface area contributed by atoms with Gasteiger partial charge < -0.3 is 9.80 Å². The Kier molecular flexibility index (Phi) is 7.61. The minimum absolute atomic E-state index is 0.0523. The molecule has 2 nitrogen and oxygen atoms in total. The van der Waals surface area contributed by atoms with Crippen LogP contribution in [0.4, 0.5) is 28.4 Å². The molecule has 0 radical (unpaired) electrons. The largest absolute Gasteiger partial charge is 0.333 e. The van der Waals surface area contributed by atoms with Gasteiger partial charge in [0.1, 0.15) is 0 Å². The second-order valence-electron chi connectivity index (χ2n) is 15.5. The molecule has 53 heavy (non-hydrogen) atoms. The van der Waals surface area contributed by atoms with Gasteiger partial charge in [-0.15, -0.1) is 0 Å². The van der Waals surface area contributed by atoms with Crippen LogP contribution in [0, 0.1) is 0 Å². The fourth-order valence-electron chi connectivity index (χ4n) is 9.42. The van der Waals surface area contributed by atoms with E-state index in [-0.39, 0.29) is 11.5 Å². The van der Waals surface area contributed by atoms with Crippen molar-refractivity contribution in [1.82, 2.24) is 0 Å². The van der Waals surface area contributed by atoms with Gasteiger partial charge in [0.15, 0.2) is 0 Å². The zero-order chi connectivity index (χ0) is 35.5. The zero-order valence-corrected chi connectivity index (χ0v) is 30.6. The summed E-state index contributed by atoms with van der Waals surface area (Å²) in [5.74, 6) is 0. The number of hydrogen-bond donors (Lipinski definition) is 0. The summed E-state index contributed by atoms with van der Waals surface area (Å²) in [5, 5.41) is 0. The summed E-state index contributed by atoms with van der Waals surface area (Å²) in [6, 6.07) is 43.5. The van der Waals surface area contributed by atoms with Crippen molar-refractivity contribution in [1.29, 1.82) is 0 Å². The quantitative estimate of drug-likeness (QED) is 0.176. The predicted octanol–water partition coefficient (Wildman–Crippen LogP) is 13.7. The molecule has 0 amide bonds. The summed E-state index contributed by atoms with van der Waals surface area (Å²) in [4.78, 5) is 5.02. The minimum Gasteiger partial charge on any atom is -0.333 e. The third-order valence-corrected chi connectivity index (χ3v) is 12.1. The Morgan fingerprint density at radius 3 is 2.21 bits per heavy atom. The second kappa shape index (κ2) is 12.7. The molecule has 258 valence electrons. The van der Waals surface area contributed by atoms with E-state index in [4.69, 9.17) is 0 Å². The van der Waals surface area contributed by atoms with Gasteiger partial charge in [-0.25, -0.2) is 0 Å². The Morgan fingerprint density at radius 2 is 1.36 bits per heavy atom. The van der Waals surface area contributed by atoms with Crippen molar-refractivity contribution in [3.05, 3.63) is 197 Å². The van der Waals surface area contributed by atoms with E-state index in [1.807, 2.05) is 0 Å². The number of nitrogens with zero attached hydrogens (tertiary/aromatic N) is 2. The fourth-order valence-corrected chi connectivity index (χ4v) is 9.42. The lowest BCUT2D eigenvalue weighted by Crippen LogP contribution is -2.27. The van der Waals surface area contributed by atoms with Crippen LogP contribution in [0.2, 0.25) is 0 Å². The van der Waals surface area contributed by atoms with E-state index in [2.05, 4.69) is 188 Å². The second-order valence-corrected chi connectivity index (χ2v) is 15.5. The first-order chi connectivity index (χ1) is 26.0. The maximum atomic E-state index is 2.61. The Hall–Kier alpha value is -5.86. The average Bonchev–Trinajstić information content (AvgIpc) is 3.67. The Bertz CT molecular complexity index is 2450. The Balaban J connectivity index is 1.05. The normalized spacial score (nSPS) is 19.0. The number of benzene rings is 5. The molecule has 2 heteroatoms. The molecule has 5 aromatic rings. The molecular formula is C51H44N2. The SMILES string of the molecule is CC1(C)c2ccccc2-c2ccc(N3c4cc(N(c5ccccc5)c5ccc(C6=CCCC(C7=CC=CCC7)=C6)cc5)ccc4C4=CC=CCC43)cc21. The fraction of sp³-hybridized carbons (Fsp3) is 0.176. The first-order valence-electron chi connectivity index (χ1n) is 19.3. The number of hydrogen-bond acceptors (Lipinski definition) is 2. The molecule has 1 atom stereocenters. The lowest BCUT2D eigenvalue weighted by Gasteiger charge is -2.31. The number of fused-ring (bicyclic) bond motifs is 6. The van der Waals surface area contributed by atoms with E-state index in [0.29, 0.717) is 0 Å². The van der Waals surface area contributed by atoms with Gasteiger partial charge in [0, 0.05) is 33.7 Å². The topological polar surface area (TPSA) is 6.48 Å². The molecule has 5 aromatic carbocycles. The van der Waals surface area contributed by atoms with Gasteiger partial charge in [-0.2, -0.15) is 0 Å². The predicted molar refractivity (Wildman–Crippen MR) is 225 cm³/mol. The van der Waals surface area contributed by atoms with Crippen molar-refractivity contribution in [3.8, 4) is 11.1 Å². The summed E-state index contributed by atoms with van der Waals surface area (Å²) in [7, 11) is 0. The maximum Gasteiger partial charge on any atom is 0.0632 e. The van der Waals surface area contributed by atoms with Crippen molar-refractivity contribution in [2.75, 3.05) is 9.80 Å². The van der Waals surface area contributed by atoms with E-state index >= 15 is 0 Å². The van der Waals surface area contributed by atoms with E-state index in [0.717, 1.165) is 49.2 Å². The lowest BCUT2D eigenvalue weighted by molar-refractivity contribution is 0.660. The number of allylic oxidation sites excluding steroid dienone is 10. The summed E-state index contributed by atoms with van der Waals surface area (Å²) >= 11 is 0. The van der Waals surface area contributed by atoms with Crippen LogP contribution in [0.1, 0.15) is 68.2 Å². The highest BCUT2D eigenvalue weighted by atomic mass is 15.2. The molecule has 0 fully saturated rings. The van der Waals surface area contributed by atoms with Crippen molar-refractivity contribution in [3.63, 3.8) is 0 Å². The summed E-state index contributed by atoms with van der Waals surface area (Å²) in [6.45, 7) is 4.75. The van der Waals surface area contributed by atoms with E-state index in [1.165, 1.54) is 67.0 Å². The van der Waals surface area contributed by atoms with E-state index in [1.54, 1.807) is 0 Å². The molecule has 0 bridgehead atoms. The summed E-state index contributed by atoms with van der Waals surface area (Å²) < 4.78 is 0. The van der Waals surface area contributed by atoms with Gasteiger partial charge in [0.2, 0.25) is 0 Å². The molecular weight excluding hydrogens is 641 g/mol. The molecule has 0 saturated carbocycles. The van der Waals surface area contributed by atoms with Gasteiger partial charge in [-0.1, -0.05) is 129 Å².